The predicted molar refractivity (Wildman–Crippen MR) is 65.5 cm³/mol. The summed E-state index contributed by atoms with van der Waals surface area (Å²) in [4.78, 5) is 13.3. The predicted octanol–water partition coefficient (Wildman–Crippen LogP) is 2.26. The van der Waals surface area contributed by atoms with Gasteiger partial charge in [0.2, 0.25) is 0 Å². The van der Waals surface area contributed by atoms with Gasteiger partial charge in [-0.2, -0.15) is 0 Å². The molecule has 0 bridgehead atoms. The van der Waals surface area contributed by atoms with Gasteiger partial charge in [0, 0.05) is 10.4 Å². The number of ether oxygens (including phenoxy) is 1. The van der Waals surface area contributed by atoms with E-state index in [1.807, 2.05) is 20.8 Å². The van der Waals surface area contributed by atoms with Crippen molar-refractivity contribution in [3.8, 4) is 0 Å². The largest absolute Gasteiger partial charge is 0.459 e. The Hall–Kier alpha value is -0.940. The first-order valence-electron chi connectivity index (χ1n) is 4.53. The molecule has 0 unspecified atom stereocenters. The Kier molecular flexibility index (Phi) is 3.82. The first kappa shape index (κ1) is 12.1. The van der Waals surface area contributed by atoms with E-state index >= 15 is 0 Å². The molecule has 0 amide bonds. The van der Waals surface area contributed by atoms with Crippen molar-refractivity contribution in [3.05, 3.63) is 21.4 Å². The van der Waals surface area contributed by atoms with Gasteiger partial charge >= 0.3 is 5.97 Å². The highest BCUT2D eigenvalue weighted by Crippen LogP contribution is 2.22. The molecule has 2 N–H and O–H groups in total. The molecule has 1 aromatic rings. The van der Waals surface area contributed by atoms with Gasteiger partial charge in [0.15, 0.2) is 0 Å². The van der Waals surface area contributed by atoms with E-state index in [2.05, 4.69) is 0 Å². The minimum Gasteiger partial charge on any atom is -0.459 e. The Morgan fingerprint density at radius 2 is 2.20 bits per heavy atom. The van der Waals surface area contributed by atoms with Crippen LogP contribution in [0.4, 0.5) is 0 Å². The van der Waals surface area contributed by atoms with Crippen LogP contribution in [0.5, 0.6) is 0 Å². The lowest BCUT2D eigenvalue weighted by Crippen LogP contribution is -2.11. The number of esters is 1. The van der Waals surface area contributed by atoms with Crippen LogP contribution in [0.3, 0.4) is 0 Å². The van der Waals surface area contributed by atoms with Gasteiger partial charge < -0.3 is 10.5 Å². The maximum Gasteiger partial charge on any atom is 0.348 e. The van der Waals surface area contributed by atoms with Crippen LogP contribution in [-0.4, -0.2) is 17.1 Å². The number of thiophene rings is 1. The van der Waals surface area contributed by atoms with Gasteiger partial charge in [0.1, 0.15) is 9.87 Å². The third-order valence-electron chi connectivity index (χ3n) is 1.73. The maximum absolute atomic E-state index is 11.5. The molecule has 5 heteroatoms. The van der Waals surface area contributed by atoms with Crippen molar-refractivity contribution in [2.45, 2.75) is 26.9 Å². The average Bonchev–Trinajstić information content (AvgIpc) is 2.46. The van der Waals surface area contributed by atoms with E-state index in [0.717, 1.165) is 10.4 Å². The fourth-order valence-corrected chi connectivity index (χ4v) is 2.29. The fourth-order valence-electron chi connectivity index (χ4n) is 1.10. The van der Waals surface area contributed by atoms with E-state index in [-0.39, 0.29) is 12.1 Å². The highest BCUT2D eigenvalue weighted by Gasteiger charge is 2.15. The van der Waals surface area contributed by atoms with E-state index in [0.29, 0.717) is 9.87 Å². The topological polar surface area (TPSA) is 52.3 Å². The molecule has 0 saturated carbocycles. The minimum absolute atomic E-state index is 0.117. The molecule has 0 aliphatic carbocycles. The molecule has 0 radical (unpaired) electrons. The molecule has 0 saturated heterocycles. The standard InChI is InChI=1S/C10H13NO2S2/c1-5(2)13-10(12)8-4-7(9(11)14)6(3)15-8/h4-5H,1-3H3,(H2,11,14). The van der Waals surface area contributed by atoms with Crippen molar-refractivity contribution >= 4 is 34.5 Å². The van der Waals surface area contributed by atoms with E-state index in [1.54, 1.807) is 6.07 Å². The molecule has 82 valence electrons. The number of rotatable bonds is 3. The van der Waals surface area contributed by atoms with Crippen molar-refractivity contribution in [3.63, 3.8) is 0 Å². The molecule has 15 heavy (non-hydrogen) atoms. The van der Waals surface area contributed by atoms with E-state index in [1.165, 1.54) is 11.3 Å². The zero-order valence-electron chi connectivity index (χ0n) is 8.87. The molecule has 3 nitrogen and oxygen atoms in total. The van der Waals surface area contributed by atoms with Crippen LogP contribution < -0.4 is 5.73 Å². The second kappa shape index (κ2) is 4.72. The Morgan fingerprint density at radius 1 is 1.60 bits per heavy atom. The summed E-state index contributed by atoms with van der Waals surface area (Å²) < 4.78 is 5.07. The highest BCUT2D eigenvalue weighted by molar-refractivity contribution is 7.80. The highest BCUT2D eigenvalue weighted by atomic mass is 32.1. The van der Waals surface area contributed by atoms with Crippen LogP contribution >= 0.6 is 23.6 Å². The summed E-state index contributed by atoms with van der Waals surface area (Å²) in [7, 11) is 0. The summed E-state index contributed by atoms with van der Waals surface area (Å²) in [5.41, 5.74) is 6.27. The first-order valence-corrected chi connectivity index (χ1v) is 5.75. The number of nitrogens with two attached hydrogens (primary N) is 1. The summed E-state index contributed by atoms with van der Waals surface area (Å²) in [6.07, 6.45) is -0.117. The van der Waals surface area contributed by atoms with Gasteiger partial charge in [0.25, 0.3) is 0 Å². The van der Waals surface area contributed by atoms with Gasteiger partial charge in [-0.15, -0.1) is 11.3 Å². The summed E-state index contributed by atoms with van der Waals surface area (Å²) in [6.45, 7) is 5.50. The number of thiocarbonyl (C=S) groups is 1. The molecule has 0 fully saturated rings. The van der Waals surface area contributed by atoms with E-state index in [4.69, 9.17) is 22.7 Å². The lowest BCUT2D eigenvalue weighted by molar-refractivity contribution is 0.0384. The smallest absolute Gasteiger partial charge is 0.348 e. The Morgan fingerprint density at radius 3 is 2.60 bits per heavy atom. The monoisotopic (exact) mass is 243 g/mol. The fraction of sp³-hybridized carbons (Fsp3) is 0.400. The minimum atomic E-state index is -0.319. The van der Waals surface area contributed by atoms with Crippen molar-refractivity contribution < 1.29 is 9.53 Å². The first-order chi connectivity index (χ1) is 6.91. The third kappa shape index (κ3) is 3.00. The van der Waals surface area contributed by atoms with Gasteiger partial charge in [-0.3, -0.25) is 0 Å². The van der Waals surface area contributed by atoms with Gasteiger partial charge in [-0.05, 0) is 26.8 Å². The molecule has 0 aliphatic heterocycles. The lowest BCUT2D eigenvalue weighted by Gasteiger charge is -2.05. The molecule has 1 rings (SSSR count). The van der Waals surface area contributed by atoms with Crippen LogP contribution in [0.25, 0.3) is 0 Å². The summed E-state index contributed by atoms with van der Waals surface area (Å²) in [5, 5.41) is 0. The number of carbonyl (C=O) groups is 1. The average molecular weight is 243 g/mol. The van der Waals surface area contributed by atoms with Crippen LogP contribution in [0.1, 0.15) is 34.0 Å². The second-order valence-electron chi connectivity index (χ2n) is 3.40. The number of hydrogen-bond acceptors (Lipinski definition) is 4. The molecule has 0 atom stereocenters. The maximum atomic E-state index is 11.5. The molecule has 1 heterocycles. The normalized spacial score (nSPS) is 10.4. The zero-order valence-corrected chi connectivity index (χ0v) is 10.5. The van der Waals surface area contributed by atoms with E-state index in [9.17, 15) is 4.79 Å². The van der Waals surface area contributed by atoms with Crippen LogP contribution in [0.2, 0.25) is 0 Å². The van der Waals surface area contributed by atoms with Crippen molar-refractivity contribution in [2.75, 3.05) is 0 Å². The third-order valence-corrected chi connectivity index (χ3v) is 2.98. The summed E-state index contributed by atoms with van der Waals surface area (Å²) in [6, 6.07) is 1.69. The summed E-state index contributed by atoms with van der Waals surface area (Å²) in [5.74, 6) is -0.319. The summed E-state index contributed by atoms with van der Waals surface area (Å²) >= 11 is 6.22. The molecule has 1 aromatic heterocycles. The van der Waals surface area contributed by atoms with Gasteiger partial charge in [0.05, 0.1) is 6.10 Å². The van der Waals surface area contributed by atoms with Crippen LogP contribution in [-0.2, 0) is 4.74 Å². The van der Waals surface area contributed by atoms with Gasteiger partial charge in [-0.25, -0.2) is 4.79 Å². The van der Waals surface area contributed by atoms with E-state index < -0.39 is 0 Å². The number of hydrogen-bond donors (Lipinski definition) is 1. The van der Waals surface area contributed by atoms with Crippen molar-refractivity contribution in [2.24, 2.45) is 5.73 Å². The molecule has 0 spiro atoms. The Balaban J connectivity index is 2.92. The lowest BCUT2D eigenvalue weighted by atomic mass is 10.2. The quantitative estimate of drug-likeness (QED) is 0.653. The molecular weight excluding hydrogens is 230 g/mol. The van der Waals surface area contributed by atoms with Crippen molar-refractivity contribution in [1.82, 2.24) is 0 Å². The molecular formula is C10H13NO2S2. The van der Waals surface area contributed by atoms with Gasteiger partial charge in [-0.1, -0.05) is 12.2 Å². The zero-order chi connectivity index (χ0) is 11.6. The SMILES string of the molecule is Cc1sc(C(=O)OC(C)C)cc1C(N)=S. The number of aryl methyl sites for hydroxylation is 1. The van der Waals surface area contributed by atoms with Crippen LogP contribution in [0.15, 0.2) is 6.07 Å². The van der Waals surface area contributed by atoms with Crippen molar-refractivity contribution in [1.29, 1.82) is 0 Å². The Bertz CT molecular complexity index is 396. The van der Waals surface area contributed by atoms with Crippen LogP contribution in [0, 0.1) is 6.92 Å². The Labute approximate surface area is 98.2 Å². The molecule has 0 aliphatic rings. The molecule has 0 aromatic carbocycles. The second-order valence-corrected chi connectivity index (χ2v) is 5.09. The number of carbonyl (C=O) groups excluding carboxylic acids is 1.